The Hall–Kier alpha value is -2.20. The highest BCUT2D eigenvalue weighted by atomic mass is 35.5. The first-order chi connectivity index (χ1) is 10.0. The van der Waals surface area contributed by atoms with Gasteiger partial charge in [0.1, 0.15) is 18.1 Å². The Morgan fingerprint density at radius 1 is 1.19 bits per heavy atom. The van der Waals surface area contributed by atoms with Gasteiger partial charge in [-0.05, 0) is 42.8 Å². The molecule has 0 radical (unpaired) electrons. The third-order valence-electron chi connectivity index (χ3n) is 3.00. The van der Waals surface area contributed by atoms with Crippen LogP contribution in [0.2, 0.25) is 5.02 Å². The van der Waals surface area contributed by atoms with E-state index in [0.29, 0.717) is 22.1 Å². The van der Waals surface area contributed by atoms with Gasteiger partial charge in [0.05, 0.1) is 17.7 Å². The highest BCUT2D eigenvalue weighted by Crippen LogP contribution is 2.28. The molecule has 0 aliphatic carbocycles. The summed E-state index contributed by atoms with van der Waals surface area (Å²) in [4.78, 5) is 11.0. The van der Waals surface area contributed by atoms with Crippen LogP contribution in [0.15, 0.2) is 36.4 Å². The van der Waals surface area contributed by atoms with Crippen LogP contribution in [0.4, 0.5) is 0 Å². The van der Waals surface area contributed by atoms with Crippen molar-refractivity contribution in [3.8, 4) is 11.5 Å². The minimum absolute atomic E-state index is 0.174. The Labute approximate surface area is 127 Å². The first kappa shape index (κ1) is 15.2. The zero-order valence-corrected chi connectivity index (χ0v) is 12.5. The largest absolute Gasteiger partial charge is 0.496 e. The minimum Gasteiger partial charge on any atom is -0.496 e. The SMILES string of the molecule is COc1ccc(C(=O)O)cc1COc1ccc(C)cc1Cl. The van der Waals surface area contributed by atoms with Gasteiger partial charge in [0.2, 0.25) is 0 Å². The highest BCUT2D eigenvalue weighted by Gasteiger charge is 2.10. The van der Waals surface area contributed by atoms with Crippen LogP contribution in [0.25, 0.3) is 0 Å². The molecule has 110 valence electrons. The summed E-state index contributed by atoms with van der Waals surface area (Å²) in [7, 11) is 1.53. The molecule has 0 heterocycles. The summed E-state index contributed by atoms with van der Waals surface area (Å²) >= 11 is 6.10. The quantitative estimate of drug-likeness (QED) is 0.909. The number of methoxy groups -OCH3 is 1. The van der Waals surface area contributed by atoms with Crippen molar-refractivity contribution in [3.63, 3.8) is 0 Å². The van der Waals surface area contributed by atoms with E-state index < -0.39 is 5.97 Å². The number of carboxylic acid groups (broad SMARTS) is 1. The summed E-state index contributed by atoms with van der Waals surface area (Å²) < 4.78 is 10.9. The lowest BCUT2D eigenvalue weighted by molar-refractivity contribution is 0.0696. The van der Waals surface area contributed by atoms with E-state index in [9.17, 15) is 4.79 Å². The molecule has 0 saturated carbocycles. The first-order valence-corrected chi connectivity index (χ1v) is 6.68. The lowest BCUT2D eigenvalue weighted by Crippen LogP contribution is -2.03. The average Bonchev–Trinajstić information content (AvgIpc) is 2.46. The number of hydrogen-bond acceptors (Lipinski definition) is 3. The molecule has 1 N–H and O–H groups in total. The van der Waals surface area contributed by atoms with Crippen LogP contribution in [0.3, 0.4) is 0 Å². The van der Waals surface area contributed by atoms with Crippen molar-refractivity contribution in [2.75, 3.05) is 7.11 Å². The zero-order valence-electron chi connectivity index (χ0n) is 11.7. The van der Waals surface area contributed by atoms with Crippen molar-refractivity contribution in [3.05, 3.63) is 58.1 Å². The Morgan fingerprint density at radius 2 is 1.90 bits per heavy atom. The fourth-order valence-corrected chi connectivity index (χ4v) is 2.19. The molecule has 4 nitrogen and oxygen atoms in total. The fraction of sp³-hybridized carbons (Fsp3) is 0.188. The molecule has 0 saturated heterocycles. The molecule has 21 heavy (non-hydrogen) atoms. The van der Waals surface area contributed by atoms with Gasteiger partial charge < -0.3 is 14.6 Å². The van der Waals surface area contributed by atoms with E-state index in [-0.39, 0.29) is 12.2 Å². The second kappa shape index (κ2) is 6.50. The number of halogens is 1. The summed E-state index contributed by atoms with van der Waals surface area (Å²) in [6, 6.07) is 10.1. The van der Waals surface area contributed by atoms with Gasteiger partial charge in [-0.1, -0.05) is 17.7 Å². The molecule has 2 aromatic rings. The van der Waals surface area contributed by atoms with Crippen molar-refractivity contribution < 1.29 is 19.4 Å². The highest BCUT2D eigenvalue weighted by molar-refractivity contribution is 6.32. The normalized spacial score (nSPS) is 10.2. The average molecular weight is 307 g/mol. The number of carbonyl (C=O) groups is 1. The lowest BCUT2D eigenvalue weighted by atomic mass is 10.1. The van der Waals surface area contributed by atoms with Crippen molar-refractivity contribution >= 4 is 17.6 Å². The van der Waals surface area contributed by atoms with E-state index >= 15 is 0 Å². The lowest BCUT2D eigenvalue weighted by Gasteiger charge is -2.12. The molecule has 0 atom stereocenters. The van der Waals surface area contributed by atoms with E-state index in [1.54, 1.807) is 12.1 Å². The second-order valence-corrected chi connectivity index (χ2v) is 4.96. The topological polar surface area (TPSA) is 55.8 Å². The van der Waals surface area contributed by atoms with Crippen LogP contribution in [0, 0.1) is 6.92 Å². The van der Waals surface area contributed by atoms with Gasteiger partial charge in [0.25, 0.3) is 0 Å². The first-order valence-electron chi connectivity index (χ1n) is 6.30. The molecular formula is C16H15ClO4. The van der Waals surface area contributed by atoms with Crippen LogP contribution < -0.4 is 9.47 Å². The molecule has 0 amide bonds. The van der Waals surface area contributed by atoms with Crippen LogP contribution in [-0.2, 0) is 6.61 Å². The molecule has 0 unspecified atom stereocenters. The van der Waals surface area contributed by atoms with Gasteiger partial charge in [-0.15, -0.1) is 0 Å². The van der Waals surface area contributed by atoms with Gasteiger partial charge >= 0.3 is 5.97 Å². The third-order valence-corrected chi connectivity index (χ3v) is 3.29. The summed E-state index contributed by atoms with van der Waals surface area (Å²) in [5.41, 5.74) is 1.87. The number of rotatable bonds is 5. The van der Waals surface area contributed by atoms with Crippen molar-refractivity contribution in [2.24, 2.45) is 0 Å². The maximum Gasteiger partial charge on any atom is 0.335 e. The van der Waals surface area contributed by atoms with E-state index in [1.165, 1.54) is 19.2 Å². The Kier molecular flexibility index (Phi) is 4.70. The summed E-state index contributed by atoms with van der Waals surface area (Å²) in [5.74, 6) is 0.126. The molecule has 0 fully saturated rings. The Bertz CT molecular complexity index is 667. The Morgan fingerprint density at radius 3 is 2.52 bits per heavy atom. The van der Waals surface area contributed by atoms with Gasteiger partial charge in [0, 0.05) is 5.56 Å². The van der Waals surface area contributed by atoms with Crippen molar-refractivity contribution in [1.29, 1.82) is 0 Å². The molecule has 0 bridgehead atoms. The molecular weight excluding hydrogens is 292 g/mol. The number of ether oxygens (including phenoxy) is 2. The number of benzene rings is 2. The number of hydrogen-bond donors (Lipinski definition) is 1. The smallest absolute Gasteiger partial charge is 0.335 e. The van der Waals surface area contributed by atoms with Gasteiger partial charge in [-0.2, -0.15) is 0 Å². The molecule has 0 aromatic heterocycles. The van der Waals surface area contributed by atoms with E-state index in [4.69, 9.17) is 26.2 Å². The fourth-order valence-electron chi connectivity index (χ4n) is 1.90. The predicted molar refractivity (Wildman–Crippen MR) is 80.5 cm³/mol. The maximum atomic E-state index is 11.0. The molecule has 2 rings (SSSR count). The molecule has 2 aromatic carbocycles. The van der Waals surface area contributed by atoms with E-state index in [0.717, 1.165) is 5.56 Å². The summed E-state index contributed by atoms with van der Waals surface area (Å²) in [5, 5.41) is 9.55. The predicted octanol–water partition coefficient (Wildman–Crippen LogP) is 3.93. The van der Waals surface area contributed by atoms with Crippen molar-refractivity contribution in [2.45, 2.75) is 13.5 Å². The summed E-state index contributed by atoms with van der Waals surface area (Å²) in [6.45, 7) is 2.11. The third kappa shape index (κ3) is 3.67. The standard InChI is InChI=1S/C16H15ClO4/c1-10-3-5-15(13(17)7-10)21-9-12-8-11(16(18)19)4-6-14(12)20-2/h3-8H,9H2,1-2H3,(H,18,19). The van der Waals surface area contributed by atoms with Gasteiger partial charge in [-0.3, -0.25) is 0 Å². The summed E-state index contributed by atoms with van der Waals surface area (Å²) in [6.07, 6.45) is 0. The molecule has 5 heteroatoms. The molecule has 0 aliphatic rings. The van der Waals surface area contributed by atoms with Gasteiger partial charge in [-0.25, -0.2) is 4.79 Å². The van der Waals surface area contributed by atoms with Crippen molar-refractivity contribution in [1.82, 2.24) is 0 Å². The molecule has 0 spiro atoms. The van der Waals surface area contributed by atoms with Gasteiger partial charge in [0.15, 0.2) is 0 Å². The number of aryl methyl sites for hydroxylation is 1. The van der Waals surface area contributed by atoms with Crippen LogP contribution in [0.5, 0.6) is 11.5 Å². The van der Waals surface area contributed by atoms with Crippen LogP contribution in [-0.4, -0.2) is 18.2 Å². The number of carboxylic acids is 1. The monoisotopic (exact) mass is 306 g/mol. The zero-order chi connectivity index (χ0) is 15.4. The van der Waals surface area contributed by atoms with E-state index in [2.05, 4.69) is 0 Å². The van der Waals surface area contributed by atoms with E-state index in [1.807, 2.05) is 19.1 Å². The minimum atomic E-state index is -0.993. The maximum absolute atomic E-state index is 11.0. The van der Waals surface area contributed by atoms with Crippen LogP contribution in [0.1, 0.15) is 21.5 Å². The number of aromatic carboxylic acids is 1. The Balaban J connectivity index is 2.22. The van der Waals surface area contributed by atoms with Crippen LogP contribution >= 0.6 is 11.6 Å². The molecule has 0 aliphatic heterocycles. The second-order valence-electron chi connectivity index (χ2n) is 4.55.